The lowest BCUT2D eigenvalue weighted by Gasteiger charge is -2.05. The summed E-state index contributed by atoms with van der Waals surface area (Å²) >= 11 is 1.27. The Labute approximate surface area is 109 Å². The molecule has 2 aromatic heterocycles. The first-order valence-electron chi connectivity index (χ1n) is 5.52. The van der Waals surface area contributed by atoms with Crippen LogP contribution in [0.2, 0.25) is 0 Å². The molecule has 94 valence electrons. The second-order valence-electron chi connectivity index (χ2n) is 3.59. The van der Waals surface area contributed by atoms with Crippen LogP contribution in [0.25, 0.3) is 0 Å². The van der Waals surface area contributed by atoms with Crippen LogP contribution in [0.3, 0.4) is 0 Å². The molecule has 2 rings (SSSR count). The van der Waals surface area contributed by atoms with E-state index in [1.54, 1.807) is 23.7 Å². The monoisotopic (exact) mass is 263 g/mol. The molecule has 18 heavy (non-hydrogen) atoms. The molecule has 0 aromatic carbocycles. The van der Waals surface area contributed by atoms with Crippen LogP contribution in [-0.2, 0) is 0 Å². The number of amides is 1. The molecule has 6 heteroatoms. The molecule has 0 aliphatic rings. The van der Waals surface area contributed by atoms with E-state index in [1.165, 1.54) is 11.5 Å². The van der Waals surface area contributed by atoms with Gasteiger partial charge in [-0.1, -0.05) is 0 Å². The third-order valence-electron chi connectivity index (χ3n) is 2.28. The summed E-state index contributed by atoms with van der Waals surface area (Å²) in [6.07, 6.45) is 1.57. The molecule has 0 atom stereocenters. The number of carbonyl (C=O) groups excluding carboxylic acids is 1. The molecular formula is C12H13N3O2S. The van der Waals surface area contributed by atoms with Crippen molar-refractivity contribution in [2.75, 3.05) is 11.9 Å². The first kappa shape index (κ1) is 12.5. The largest absolute Gasteiger partial charge is 0.478 e. The molecule has 0 saturated heterocycles. The van der Waals surface area contributed by atoms with E-state index in [0.29, 0.717) is 23.7 Å². The van der Waals surface area contributed by atoms with Gasteiger partial charge in [0.15, 0.2) is 0 Å². The van der Waals surface area contributed by atoms with Gasteiger partial charge in [0, 0.05) is 11.4 Å². The molecule has 5 nitrogen and oxygen atoms in total. The van der Waals surface area contributed by atoms with Crippen LogP contribution < -0.4 is 10.1 Å². The second kappa shape index (κ2) is 5.59. The molecule has 0 aliphatic heterocycles. The fraction of sp³-hybridized carbons (Fsp3) is 0.250. The van der Waals surface area contributed by atoms with Crippen molar-refractivity contribution in [2.24, 2.45) is 0 Å². The predicted octanol–water partition coefficient (Wildman–Crippen LogP) is 2.50. The average molecular weight is 263 g/mol. The molecule has 0 unspecified atom stereocenters. The highest BCUT2D eigenvalue weighted by atomic mass is 32.1. The SMILES string of the molecule is CCOc1ccc(NC(=O)c2csnc2C)cn1. The van der Waals surface area contributed by atoms with Crippen LogP contribution in [-0.4, -0.2) is 21.9 Å². The lowest BCUT2D eigenvalue weighted by molar-refractivity contribution is 0.102. The van der Waals surface area contributed by atoms with Gasteiger partial charge in [-0.25, -0.2) is 4.98 Å². The molecule has 0 aliphatic carbocycles. The number of pyridine rings is 1. The molecule has 0 bridgehead atoms. The molecule has 0 spiro atoms. The predicted molar refractivity (Wildman–Crippen MR) is 70.2 cm³/mol. The summed E-state index contributed by atoms with van der Waals surface area (Å²) in [4.78, 5) is 16.0. The molecule has 1 N–H and O–H groups in total. The molecule has 2 heterocycles. The van der Waals surface area contributed by atoms with Crippen molar-refractivity contribution in [3.63, 3.8) is 0 Å². The van der Waals surface area contributed by atoms with Gasteiger partial charge in [-0.2, -0.15) is 4.37 Å². The van der Waals surface area contributed by atoms with Crippen LogP contribution in [0.15, 0.2) is 23.7 Å². The zero-order valence-corrected chi connectivity index (χ0v) is 11.0. The normalized spacial score (nSPS) is 10.1. The summed E-state index contributed by atoms with van der Waals surface area (Å²) in [6.45, 7) is 4.27. The number of ether oxygens (including phenoxy) is 1. The van der Waals surface area contributed by atoms with Crippen LogP contribution in [0.4, 0.5) is 5.69 Å². The van der Waals surface area contributed by atoms with Crippen molar-refractivity contribution in [3.8, 4) is 5.88 Å². The molecule has 0 fully saturated rings. The maximum atomic E-state index is 11.9. The number of hydrogen-bond acceptors (Lipinski definition) is 5. The van der Waals surface area contributed by atoms with Gasteiger partial charge in [0.05, 0.1) is 29.7 Å². The number of aromatic nitrogens is 2. The first-order valence-corrected chi connectivity index (χ1v) is 6.35. The zero-order chi connectivity index (χ0) is 13.0. The van der Waals surface area contributed by atoms with E-state index in [-0.39, 0.29) is 5.91 Å². The maximum Gasteiger partial charge on any atom is 0.258 e. The third kappa shape index (κ3) is 2.84. The number of anilines is 1. The highest BCUT2D eigenvalue weighted by Crippen LogP contribution is 2.15. The van der Waals surface area contributed by atoms with E-state index in [1.807, 2.05) is 13.8 Å². The number of carbonyl (C=O) groups is 1. The van der Waals surface area contributed by atoms with Gasteiger partial charge in [-0.3, -0.25) is 4.79 Å². The van der Waals surface area contributed by atoms with Crippen molar-refractivity contribution in [1.29, 1.82) is 0 Å². The summed E-state index contributed by atoms with van der Waals surface area (Å²) in [6, 6.07) is 3.48. The first-order chi connectivity index (χ1) is 8.70. The summed E-state index contributed by atoms with van der Waals surface area (Å²) in [7, 11) is 0. The quantitative estimate of drug-likeness (QED) is 0.920. The second-order valence-corrected chi connectivity index (χ2v) is 4.21. The number of aryl methyl sites for hydroxylation is 1. The van der Waals surface area contributed by atoms with Gasteiger partial charge in [-0.15, -0.1) is 0 Å². The van der Waals surface area contributed by atoms with Gasteiger partial charge in [0.2, 0.25) is 5.88 Å². The van der Waals surface area contributed by atoms with Gasteiger partial charge < -0.3 is 10.1 Å². The van der Waals surface area contributed by atoms with Crippen LogP contribution in [0, 0.1) is 6.92 Å². The van der Waals surface area contributed by atoms with E-state index in [2.05, 4.69) is 14.7 Å². The van der Waals surface area contributed by atoms with Gasteiger partial charge in [0.1, 0.15) is 0 Å². The average Bonchev–Trinajstić information content (AvgIpc) is 2.78. The summed E-state index contributed by atoms with van der Waals surface area (Å²) in [5.41, 5.74) is 1.96. The fourth-order valence-electron chi connectivity index (χ4n) is 1.40. The highest BCUT2D eigenvalue weighted by molar-refractivity contribution is 7.04. The van der Waals surface area contributed by atoms with E-state index < -0.39 is 0 Å². The van der Waals surface area contributed by atoms with Crippen LogP contribution in [0.1, 0.15) is 23.0 Å². The van der Waals surface area contributed by atoms with Crippen molar-refractivity contribution < 1.29 is 9.53 Å². The van der Waals surface area contributed by atoms with E-state index in [4.69, 9.17) is 4.74 Å². The Morgan fingerprint density at radius 3 is 2.89 bits per heavy atom. The summed E-state index contributed by atoms with van der Waals surface area (Å²) < 4.78 is 9.29. The molecule has 0 saturated carbocycles. The Kier molecular flexibility index (Phi) is 3.88. The highest BCUT2D eigenvalue weighted by Gasteiger charge is 2.11. The van der Waals surface area contributed by atoms with Crippen molar-refractivity contribution >= 4 is 23.1 Å². The number of nitrogens with zero attached hydrogens (tertiary/aromatic N) is 2. The minimum Gasteiger partial charge on any atom is -0.478 e. The Hall–Kier alpha value is -1.95. The third-order valence-corrected chi connectivity index (χ3v) is 3.00. The minimum atomic E-state index is -0.174. The smallest absolute Gasteiger partial charge is 0.258 e. The topological polar surface area (TPSA) is 64.1 Å². The lowest BCUT2D eigenvalue weighted by atomic mass is 10.2. The number of rotatable bonds is 4. The summed E-state index contributed by atoms with van der Waals surface area (Å²) in [5, 5.41) is 4.49. The maximum absolute atomic E-state index is 11.9. The Morgan fingerprint density at radius 1 is 1.50 bits per heavy atom. The molecule has 1 amide bonds. The van der Waals surface area contributed by atoms with E-state index >= 15 is 0 Å². The van der Waals surface area contributed by atoms with E-state index in [9.17, 15) is 4.79 Å². The zero-order valence-electron chi connectivity index (χ0n) is 10.1. The number of hydrogen-bond donors (Lipinski definition) is 1. The van der Waals surface area contributed by atoms with Crippen LogP contribution >= 0.6 is 11.5 Å². The Balaban J connectivity index is 2.05. The lowest BCUT2D eigenvalue weighted by Crippen LogP contribution is -2.12. The van der Waals surface area contributed by atoms with Gasteiger partial charge in [-0.05, 0) is 31.4 Å². The van der Waals surface area contributed by atoms with Crippen molar-refractivity contribution in [2.45, 2.75) is 13.8 Å². The van der Waals surface area contributed by atoms with Crippen molar-refractivity contribution in [3.05, 3.63) is 35.0 Å². The Bertz CT molecular complexity index is 537. The standard InChI is InChI=1S/C12H13N3O2S/c1-3-17-11-5-4-9(6-13-11)14-12(16)10-7-18-15-8(10)2/h4-7H,3H2,1-2H3,(H,14,16). The van der Waals surface area contributed by atoms with Crippen molar-refractivity contribution in [1.82, 2.24) is 9.36 Å². The van der Waals surface area contributed by atoms with Gasteiger partial charge >= 0.3 is 0 Å². The van der Waals surface area contributed by atoms with Crippen LogP contribution in [0.5, 0.6) is 5.88 Å². The molecule has 2 aromatic rings. The van der Waals surface area contributed by atoms with E-state index in [0.717, 1.165) is 5.69 Å². The Morgan fingerprint density at radius 2 is 2.33 bits per heavy atom. The fourth-order valence-corrected chi connectivity index (χ4v) is 2.09. The summed E-state index contributed by atoms with van der Waals surface area (Å²) in [5.74, 6) is 0.371. The molecule has 0 radical (unpaired) electrons. The molecular weight excluding hydrogens is 250 g/mol. The minimum absolute atomic E-state index is 0.174. The van der Waals surface area contributed by atoms with Gasteiger partial charge in [0.25, 0.3) is 5.91 Å². The number of nitrogens with one attached hydrogen (secondary N) is 1.